The smallest absolute Gasteiger partial charge is 0.258 e. The standard InChI is InChI=1S/C22H23N3O4/c1-15(2)23-20(26)14-28-19-6-4-5-17(13-19)22-24-21(29-25-22)12-9-16-7-10-18(27-3)11-8-16/h4-13,15H,14H2,1-3H3,(H,23,26)/b12-9+. The van der Waals surface area contributed by atoms with Gasteiger partial charge in [0.25, 0.3) is 11.8 Å². The normalized spacial score (nSPS) is 11.0. The minimum Gasteiger partial charge on any atom is -0.497 e. The first-order valence-electron chi connectivity index (χ1n) is 9.22. The zero-order chi connectivity index (χ0) is 20.6. The van der Waals surface area contributed by atoms with Crippen molar-refractivity contribution in [2.24, 2.45) is 0 Å². The summed E-state index contributed by atoms with van der Waals surface area (Å²) in [6, 6.07) is 14.9. The summed E-state index contributed by atoms with van der Waals surface area (Å²) in [6.07, 6.45) is 3.62. The van der Waals surface area contributed by atoms with E-state index in [1.807, 2.05) is 56.3 Å². The van der Waals surface area contributed by atoms with Crippen LogP contribution in [0, 0.1) is 0 Å². The summed E-state index contributed by atoms with van der Waals surface area (Å²) in [6.45, 7) is 3.74. The predicted octanol–water partition coefficient (Wildman–Crippen LogP) is 3.82. The number of methoxy groups -OCH3 is 1. The molecule has 0 fully saturated rings. The lowest BCUT2D eigenvalue weighted by molar-refractivity contribution is -0.123. The van der Waals surface area contributed by atoms with Crippen LogP contribution in [-0.4, -0.2) is 35.8 Å². The summed E-state index contributed by atoms with van der Waals surface area (Å²) in [5, 5.41) is 6.79. The molecule has 0 aliphatic rings. The van der Waals surface area contributed by atoms with Crippen LogP contribution in [0.15, 0.2) is 53.1 Å². The maximum atomic E-state index is 11.7. The van der Waals surface area contributed by atoms with Crippen LogP contribution in [0.4, 0.5) is 0 Å². The molecule has 1 heterocycles. The topological polar surface area (TPSA) is 86.5 Å². The Kier molecular flexibility index (Phi) is 6.63. The minimum absolute atomic E-state index is 0.0519. The fraction of sp³-hybridized carbons (Fsp3) is 0.227. The van der Waals surface area contributed by atoms with Crippen LogP contribution in [0.2, 0.25) is 0 Å². The lowest BCUT2D eigenvalue weighted by Crippen LogP contribution is -2.34. The Labute approximate surface area is 169 Å². The fourth-order valence-corrected chi connectivity index (χ4v) is 2.54. The molecule has 7 nitrogen and oxygen atoms in total. The number of benzene rings is 2. The molecule has 0 saturated heterocycles. The van der Waals surface area contributed by atoms with E-state index in [1.165, 1.54) is 0 Å². The average Bonchev–Trinajstić information content (AvgIpc) is 3.20. The summed E-state index contributed by atoms with van der Waals surface area (Å²) in [5.41, 5.74) is 1.72. The Bertz CT molecular complexity index is 978. The molecular weight excluding hydrogens is 370 g/mol. The third-order valence-electron chi connectivity index (χ3n) is 3.89. The van der Waals surface area contributed by atoms with Gasteiger partial charge in [-0.25, -0.2) is 0 Å². The minimum atomic E-state index is -0.170. The van der Waals surface area contributed by atoms with E-state index >= 15 is 0 Å². The van der Waals surface area contributed by atoms with E-state index < -0.39 is 0 Å². The van der Waals surface area contributed by atoms with Gasteiger partial charge in [0, 0.05) is 17.7 Å². The van der Waals surface area contributed by atoms with E-state index in [-0.39, 0.29) is 18.6 Å². The molecule has 0 unspecified atom stereocenters. The number of rotatable bonds is 8. The van der Waals surface area contributed by atoms with E-state index in [9.17, 15) is 4.79 Å². The van der Waals surface area contributed by atoms with Gasteiger partial charge in [0.2, 0.25) is 5.82 Å². The van der Waals surface area contributed by atoms with Crippen molar-refractivity contribution in [1.82, 2.24) is 15.5 Å². The maximum Gasteiger partial charge on any atom is 0.258 e. The molecule has 0 bridgehead atoms. The predicted molar refractivity (Wildman–Crippen MR) is 110 cm³/mol. The van der Waals surface area contributed by atoms with E-state index in [4.69, 9.17) is 14.0 Å². The molecule has 1 aromatic heterocycles. The second-order valence-corrected chi connectivity index (χ2v) is 6.60. The molecule has 0 atom stereocenters. The molecular formula is C22H23N3O4. The number of nitrogens with one attached hydrogen (secondary N) is 1. The third-order valence-corrected chi connectivity index (χ3v) is 3.89. The molecule has 150 valence electrons. The molecule has 3 aromatic rings. The highest BCUT2D eigenvalue weighted by molar-refractivity contribution is 5.77. The first-order valence-corrected chi connectivity index (χ1v) is 9.22. The number of hydrogen-bond donors (Lipinski definition) is 1. The average molecular weight is 393 g/mol. The van der Waals surface area contributed by atoms with Crippen molar-refractivity contribution in [2.45, 2.75) is 19.9 Å². The van der Waals surface area contributed by atoms with E-state index in [2.05, 4.69) is 15.5 Å². The number of amides is 1. The third kappa shape index (κ3) is 5.93. The van der Waals surface area contributed by atoms with Crippen molar-refractivity contribution < 1.29 is 18.8 Å². The summed E-state index contributed by atoms with van der Waals surface area (Å²) < 4.78 is 16.0. The molecule has 3 rings (SSSR count). The second kappa shape index (κ2) is 9.54. The van der Waals surface area contributed by atoms with Crippen molar-refractivity contribution in [3.05, 3.63) is 60.0 Å². The molecule has 7 heteroatoms. The van der Waals surface area contributed by atoms with E-state index in [0.717, 1.165) is 16.9 Å². The van der Waals surface area contributed by atoms with Crippen LogP contribution in [0.25, 0.3) is 23.5 Å². The van der Waals surface area contributed by atoms with Gasteiger partial charge in [0.05, 0.1) is 7.11 Å². The quantitative estimate of drug-likeness (QED) is 0.626. The SMILES string of the molecule is COc1ccc(/C=C/c2nc(-c3cccc(OCC(=O)NC(C)C)c3)no2)cc1. The number of aromatic nitrogens is 2. The van der Waals surface area contributed by atoms with Crippen LogP contribution < -0.4 is 14.8 Å². The molecule has 0 aliphatic heterocycles. The number of nitrogens with zero attached hydrogens (tertiary/aromatic N) is 2. The second-order valence-electron chi connectivity index (χ2n) is 6.60. The van der Waals surface area contributed by atoms with Crippen molar-refractivity contribution in [1.29, 1.82) is 0 Å². The molecule has 1 N–H and O–H groups in total. The highest BCUT2D eigenvalue weighted by Crippen LogP contribution is 2.22. The summed E-state index contributed by atoms with van der Waals surface area (Å²) in [4.78, 5) is 16.1. The van der Waals surface area contributed by atoms with Crippen LogP contribution in [0.1, 0.15) is 25.3 Å². The van der Waals surface area contributed by atoms with Crippen molar-refractivity contribution in [3.63, 3.8) is 0 Å². The maximum absolute atomic E-state index is 11.7. The van der Waals surface area contributed by atoms with Gasteiger partial charge in [-0.3, -0.25) is 4.79 Å². The Balaban J connectivity index is 1.65. The largest absolute Gasteiger partial charge is 0.497 e. The van der Waals surface area contributed by atoms with Gasteiger partial charge in [-0.2, -0.15) is 4.98 Å². The Morgan fingerprint density at radius 3 is 2.66 bits per heavy atom. The number of hydrogen-bond acceptors (Lipinski definition) is 6. The van der Waals surface area contributed by atoms with E-state index in [0.29, 0.717) is 17.5 Å². The molecule has 2 aromatic carbocycles. The van der Waals surface area contributed by atoms with Gasteiger partial charge in [0.1, 0.15) is 11.5 Å². The molecule has 29 heavy (non-hydrogen) atoms. The van der Waals surface area contributed by atoms with Crippen LogP contribution in [0.5, 0.6) is 11.5 Å². The lowest BCUT2D eigenvalue weighted by atomic mass is 10.2. The molecule has 1 amide bonds. The van der Waals surface area contributed by atoms with Gasteiger partial charge < -0.3 is 19.3 Å². The molecule has 0 spiro atoms. The lowest BCUT2D eigenvalue weighted by Gasteiger charge is -2.10. The summed E-state index contributed by atoms with van der Waals surface area (Å²) in [5.74, 6) is 2.01. The zero-order valence-electron chi connectivity index (χ0n) is 16.6. The fourth-order valence-electron chi connectivity index (χ4n) is 2.54. The van der Waals surface area contributed by atoms with Crippen LogP contribution >= 0.6 is 0 Å². The first kappa shape index (κ1) is 20.1. The van der Waals surface area contributed by atoms with Crippen LogP contribution in [0.3, 0.4) is 0 Å². The summed E-state index contributed by atoms with van der Waals surface area (Å²) >= 11 is 0. The molecule has 0 saturated carbocycles. The number of carbonyl (C=O) groups is 1. The summed E-state index contributed by atoms with van der Waals surface area (Å²) in [7, 11) is 1.63. The van der Waals surface area contributed by atoms with Gasteiger partial charge in [-0.05, 0) is 49.8 Å². The highest BCUT2D eigenvalue weighted by Gasteiger charge is 2.09. The van der Waals surface area contributed by atoms with Crippen molar-refractivity contribution >= 4 is 18.1 Å². The Morgan fingerprint density at radius 2 is 1.93 bits per heavy atom. The van der Waals surface area contributed by atoms with Crippen molar-refractivity contribution in [2.75, 3.05) is 13.7 Å². The molecule has 0 aliphatic carbocycles. The van der Waals surface area contributed by atoms with E-state index in [1.54, 1.807) is 25.3 Å². The van der Waals surface area contributed by atoms with Gasteiger partial charge in [0.15, 0.2) is 6.61 Å². The zero-order valence-corrected chi connectivity index (χ0v) is 16.6. The number of ether oxygens (including phenoxy) is 2. The monoisotopic (exact) mass is 393 g/mol. The Morgan fingerprint density at radius 1 is 1.14 bits per heavy atom. The highest BCUT2D eigenvalue weighted by atomic mass is 16.5. The van der Waals surface area contributed by atoms with Gasteiger partial charge in [-0.1, -0.05) is 29.4 Å². The van der Waals surface area contributed by atoms with Crippen LogP contribution in [-0.2, 0) is 4.79 Å². The number of carbonyl (C=O) groups excluding carboxylic acids is 1. The molecule has 0 radical (unpaired) electrons. The van der Waals surface area contributed by atoms with Crippen molar-refractivity contribution in [3.8, 4) is 22.9 Å². The van der Waals surface area contributed by atoms with Gasteiger partial charge >= 0.3 is 0 Å². The van der Waals surface area contributed by atoms with Gasteiger partial charge in [-0.15, -0.1) is 0 Å². The first-order chi connectivity index (χ1) is 14.0. The Hall–Kier alpha value is -3.61.